The summed E-state index contributed by atoms with van der Waals surface area (Å²) >= 11 is 0. The molecular formula is C13H28N2. The van der Waals surface area contributed by atoms with Crippen molar-refractivity contribution in [1.82, 2.24) is 10.2 Å². The number of hydrogen-bond donors (Lipinski definition) is 1. The van der Waals surface area contributed by atoms with E-state index in [9.17, 15) is 0 Å². The maximum absolute atomic E-state index is 3.43. The van der Waals surface area contributed by atoms with Gasteiger partial charge in [-0.15, -0.1) is 0 Å². The zero-order valence-electron chi connectivity index (χ0n) is 10.9. The van der Waals surface area contributed by atoms with Crippen molar-refractivity contribution in [3.8, 4) is 0 Å². The quantitative estimate of drug-likeness (QED) is 0.753. The van der Waals surface area contributed by atoms with E-state index >= 15 is 0 Å². The first-order valence-electron chi connectivity index (χ1n) is 6.60. The van der Waals surface area contributed by atoms with Gasteiger partial charge in [-0.1, -0.05) is 26.7 Å². The summed E-state index contributed by atoms with van der Waals surface area (Å²) in [6.07, 6.45) is 5.38. The summed E-state index contributed by atoms with van der Waals surface area (Å²) in [7, 11) is 2.09. The predicted octanol–water partition coefficient (Wildman–Crippen LogP) is 2.49. The summed E-state index contributed by atoms with van der Waals surface area (Å²) in [5.74, 6) is 0.799. The Hall–Kier alpha value is -0.0800. The van der Waals surface area contributed by atoms with E-state index < -0.39 is 0 Å². The largest absolute Gasteiger partial charge is 0.317 e. The monoisotopic (exact) mass is 212 g/mol. The summed E-state index contributed by atoms with van der Waals surface area (Å²) < 4.78 is 0. The molecule has 15 heavy (non-hydrogen) atoms. The molecule has 1 aliphatic rings. The number of piperidine rings is 1. The van der Waals surface area contributed by atoms with Crippen molar-refractivity contribution in [1.29, 1.82) is 0 Å². The first-order valence-corrected chi connectivity index (χ1v) is 6.60. The zero-order valence-corrected chi connectivity index (χ0v) is 10.9. The molecule has 0 aromatic carbocycles. The van der Waals surface area contributed by atoms with Crippen LogP contribution in [0.5, 0.6) is 0 Å². The van der Waals surface area contributed by atoms with Crippen LogP contribution in [0.3, 0.4) is 0 Å². The van der Waals surface area contributed by atoms with E-state index in [0.717, 1.165) is 18.0 Å². The molecule has 0 radical (unpaired) electrons. The third kappa shape index (κ3) is 3.76. The summed E-state index contributed by atoms with van der Waals surface area (Å²) in [6, 6.07) is 1.52. The van der Waals surface area contributed by atoms with Crippen LogP contribution < -0.4 is 5.32 Å². The van der Waals surface area contributed by atoms with Crippen molar-refractivity contribution >= 4 is 0 Å². The number of rotatable bonds is 5. The Balaban J connectivity index is 2.33. The molecule has 3 atom stereocenters. The van der Waals surface area contributed by atoms with Gasteiger partial charge in [-0.2, -0.15) is 0 Å². The van der Waals surface area contributed by atoms with E-state index in [2.05, 4.69) is 38.0 Å². The van der Waals surface area contributed by atoms with E-state index in [1.165, 1.54) is 38.8 Å². The molecule has 1 aliphatic heterocycles. The second-order valence-corrected chi connectivity index (χ2v) is 5.15. The Morgan fingerprint density at radius 3 is 2.73 bits per heavy atom. The Bertz CT molecular complexity index is 170. The maximum Gasteiger partial charge on any atom is 0.0114 e. The fraction of sp³-hybridized carbons (Fsp3) is 1.00. The minimum Gasteiger partial charge on any atom is -0.317 e. The smallest absolute Gasteiger partial charge is 0.0114 e. The molecule has 0 spiro atoms. The van der Waals surface area contributed by atoms with Crippen LogP contribution in [0.2, 0.25) is 0 Å². The average molecular weight is 212 g/mol. The Morgan fingerprint density at radius 2 is 2.20 bits per heavy atom. The standard InChI is InChI=1S/C13H28N2/c1-5-6-7-12(3)15-9-8-13(14-4)11(2)10-15/h11-14H,5-10H2,1-4H3. The highest BCUT2D eigenvalue weighted by atomic mass is 15.2. The van der Waals surface area contributed by atoms with Crippen LogP contribution in [-0.2, 0) is 0 Å². The summed E-state index contributed by atoms with van der Waals surface area (Å²) in [5, 5.41) is 3.43. The van der Waals surface area contributed by atoms with Crippen molar-refractivity contribution in [3.63, 3.8) is 0 Å². The molecule has 1 rings (SSSR count). The van der Waals surface area contributed by atoms with Crippen LogP contribution in [0.25, 0.3) is 0 Å². The second kappa shape index (κ2) is 6.49. The molecule has 2 nitrogen and oxygen atoms in total. The number of unbranched alkanes of at least 4 members (excludes halogenated alkanes) is 1. The van der Waals surface area contributed by atoms with Crippen molar-refractivity contribution in [2.75, 3.05) is 20.1 Å². The summed E-state index contributed by atoms with van der Waals surface area (Å²) in [6.45, 7) is 9.60. The lowest BCUT2D eigenvalue weighted by Gasteiger charge is -2.40. The Morgan fingerprint density at radius 1 is 1.47 bits per heavy atom. The van der Waals surface area contributed by atoms with E-state index in [0.29, 0.717) is 0 Å². The molecule has 0 bridgehead atoms. The highest BCUT2D eigenvalue weighted by Crippen LogP contribution is 2.20. The van der Waals surface area contributed by atoms with Crippen molar-refractivity contribution in [2.24, 2.45) is 5.92 Å². The van der Waals surface area contributed by atoms with Gasteiger partial charge in [0, 0.05) is 18.6 Å². The van der Waals surface area contributed by atoms with Gasteiger partial charge in [-0.3, -0.25) is 0 Å². The van der Waals surface area contributed by atoms with Crippen LogP contribution in [0, 0.1) is 5.92 Å². The molecule has 2 heteroatoms. The lowest BCUT2D eigenvalue weighted by molar-refractivity contribution is 0.108. The van der Waals surface area contributed by atoms with Crippen molar-refractivity contribution in [2.45, 2.75) is 58.5 Å². The number of hydrogen-bond acceptors (Lipinski definition) is 2. The fourth-order valence-corrected chi connectivity index (χ4v) is 2.69. The Kier molecular flexibility index (Phi) is 5.62. The minimum atomic E-state index is 0.736. The van der Waals surface area contributed by atoms with Gasteiger partial charge in [0.05, 0.1) is 0 Å². The van der Waals surface area contributed by atoms with Crippen LogP contribution in [0.1, 0.15) is 46.5 Å². The molecule has 1 fully saturated rings. The van der Waals surface area contributed by atoms with Crippen LogP contribution in [0.15, 0.2) is 0 Å². The lowest BCUT2D eigenvalue weighted by atomic mass is 9.92. The molecule has 1 N–H and O–H groups in total. The first-order chi connectivity index (χ1) is 7.19. The van der Waals surface area contributed by atoms with Gasteiger partial charge in [0.1, 0.15) is 0 Å². The summed E-state index contributed by atoms with van der Waals surface area (Å²) in [5.41, 5.74) is 0. The topological polar surface area (TPSA) is 15.3 Å². The van der Waals surface area contributed by atoms with Crippen molar-refractivity contribution < 1.29 is 0 Å². The van der Waals surface area contributed by atoms with Gasteiger partial charge in [-0.05, 0) is 39.3 Å². The fourth-order valence-electron chi connectivity index (χ4n) is 2.69. The molecule has 0 aromatic heterocycles. The SMILES string of the molecule is CCCCC(C)N1CCC(NC)C(C)C1. The zero-order chi connectivity index (χ0) is 11.3. The molecule has 90 valence electrons. The van der Waals surface area contributed by atoms with Crippen molar-refractivity contribution in [3.05, 3.63) is 0 Å². The highest BCUT2D eigenvalue weighted by Gasteiger charge is 2.26. The summed E-state index contributed by atoms with van der Waals surface area (Å²) in [4.78, 5) is 2.67. The van der Waals surface area contributed by atoms with Gasteiger partial charge in [-0.25, -0.2) is 0 Å². The third-order valence-corrected chi connectivity index (χ3v) is 3.91. The molecule has 0 aliphatic carbocycles. The lowest BCUT2D eigenvalue weighted by Crippen LogP contribution is -2.49. The molecule has 3 unspecified atom stereocenters. The number of nitrogens with one attached hydrogen (secondary N) is 1. The molecule has 1 saturated heterocycles. The Labute approximate surface area is 95.4 Å². The van der Waals surface area contributed by atoms with Gasteiger partial charge >= 0.3 is 0 Å². The minimum absolute atomic E-state index is 0.736. The van der Waals surface area contributed by atoms with Crippen LogP contribution in [0.4, 0.5) is 0 Å². The van der Waals surface area contributed by atoms with E-state index in [-0.39, 0.29) is 0 Å². The van der Waals surface area contributed by atoms with E-state index in [1.807, 2.05) is 0 Å². The van der Waals surface area contributed by atoms with Gasteiger partial charge in [0.25, 0.3) is 0 Å². The molecule has 1 heterocycles. The van der Waals surface area contributed by atoms with Gasteiger partial charge in [0.2, 0.25) is 0 Å². The molecule has 0 amide bonds. The highest BCUT2D eigenvalue weighted by molar-refractivity contribution is 4.83. The number of likely N-dealkylation sites (tertiary alicyclic amines) is 1. The van der Waals surface area contributed by atoms with Gasteiger partial charge < -0.3 is 10.2 Å². The van der Waals surface area contributed by atoms with E-state index in [1.54, 1.807) is 0 Å². The predicted molar refractivity (Wildman–Crippen MR) is 67.2 cm³/mol. The van der Waals surface area contributed by atoms with Crippen LogP contribution >= 0.6 is 0 Å². The normalized spacial score (nSPS) is 30.4. The average Bonchev–Trinajstić information content (AvgIpc) is 2.25. The third-order valence-electron chi connectivity index (χ3n) is 3.91. The van der Waals surface area contributed by atoms with Crippen LogP contribution in [-0.4, -0.2) is 37.1 Å². The number of nitrogens with zero attached hydrogens (tertiary/aromatic N) is 1. The van der Waals surface area contributed by atoms with Gasteiger partial charge in [0.15, 0.2) is 0 Å². The molecule has 0 saturated carbocycles. The maximum atomic E-state index is 3.43. The van der Waals surface area contributed by atoms with E-state index in [4.69, 9.17) is 0 Å². The first kappa shape index (κ1) is 13.0. The molecular weight excluding hydrogens is 184 g/mol. The second-order valence-electron chi connectivity index (χ2n) is 5.15. The molecule has 0 aromatic rings.